The number of thioether (sulfide) groups is 1. The van der Waals surface area contributed by atoms with Crippen LogP contribution in [0.3, 0.4) is 0 Å². The topological polar surface area (TPSA) is 42.4 Å². The number of aromatic nitrogens is 1. The first-order valence-electron chi connectivity index (χ1n) is 4.70. The summed E-state index contributed by atoms with van der Waals surface area (Å²) in [6.07, 6.45) is 2.54. The fourth-order valence-electron chi connectivity index (χ4n) is 0.983. The third kappa shape index (κ3) is 3.55. The number of aliphatic hydroxyl groups excluding tert-OH is 1. The van der Waals surface area contributed by atoms with E-state index in [1.807, 2.05) is 19.1 Å². The van der Waals surface area contributed by atoms with Crippen LogP contribution in [-0.4, -0.2) is 29.1 Å². The van der Waals surface area contributed by atoms with Gasteiger partial charge in [-0.25, -0.2) is 4.98 Å². The van der Waals surface area contributed by atoms with Gasteiger partial charge in [0.25, 0.3) is 0 Å². The highest BCUT2D eigenvalue weighted by Gasteiger charge is 2.03. The highest BCUT2D eigenvalue weighted by Crippen LogP contribution is 2.26. The summed E-state index contributed by atoms with van der Waals surface area (Å²) in [4.78, 5) is 4.23. The summed E-state index contributed by atoms with van der Waals surface area (Å²) in [5, 5.41) is 9.56. The Labute approximate surface area is 88.5 Å². The van der Waals surface area contributed by atoms with Gasteiger partial charge in [-0.2, -0.15) is 0 Å². The molecule has 3 nitrogen and oxygen atoms in total. The van der Waals surface area contributed by atoms with E-state index in [0.717, 1.165) is 22.9 Å². The van der Waals surface area contributed by atoms with Crippen LogP contribution in [0.25, 0.3) is 0 Å². The lowest BCUT2D eigenvalue weighted by atomic mass is 10.5. The molecule has 0 saturated carbocycles. The number of rotatable bonds is 6. The lowest BCUT2D eigenvalue weighted by molar-refractivity contribution is 0.296. The second kappa shape index (κ2) is 6.68. The summed E-state index contributed by atoms with van der Waals surface area (Å²) in [6.45, 7) is 2.83. The molecule has 1 aromatic heterocycles. The minimum Gasteiger partial charge on any atom is -0.491 e. The first-order chi connectivity index (χ1) is 6.88. The fourth-order valence-corrected chi connectivity index (χ4v) is 1.85. The average Bonchev–Trinajstić information content (AvgIpc) is 2.21. The van der Waals surface area contributed by atoms with Crippen molar-refractivity contribution in [3.05, 3.63) is 18.3 Å². The van der Waals surface area contributed by atoms with E-state index in [1.54, 1.807) is 18.0 Å². The largest absolute Gasteiger partial charge is 0.491 e. The Morgan fingerprint density at radius 2 is 2.43 bits per heavy atom. The Kier molecular flexibility index (Phi) is 5.40. The second-order valence-electron chi connectivity index (χ2n) is 2.67. The highest BCUT2D eigenvalue weighted by molar-refractivity contribution is 7.99. The number of pyridine rings is 1. The Bertz CT molecular complexity index is 268. The monoisotopic (exact) mass is 213 g/mol. The molecule has 0 amide bonds. The van der Waals surface area contributed by atoms with Crippen LogP contribution >= 0.6 is 11.8 Å². The van der Waals surface area contributed by atoms with E-state index in [1.165, 1.54) is 0 Å². The van der Waals surface area contributed by atoms with Crippen molar-refractivity contribution in [3.63, 3.8) is 0 Å². The second-order valence-corrected chi connectivity index (χ2v) is 3.75. The number of ether oxygens (including phenoxy) is 1. The summed E-state index contributed by atoms with van der Waals surface area (Å²) in [5.41, 5.74) is 0. The van der Waals surface area contributed by atoms with Crippen LogP contribution in [0.1, 0.15) is 13.3 Å². The molecule has 0 unspecified atom stereocenters. The average molecular weight is 213 g/mol. The van der Waals surface area contributed by atoms with Crippen molar-refractivity contribution >= 4 is 11.8 Å². The van der Waals surface area contributed by atoms with E-state index in [2.05, 4.69) is 4.98 Å². The maximum Gasteiger partial charge on any atom is 0.151 e. The maximum atomic E-state index is 8.65. The summed E-state index contributed by atoms with van der Waals surface area (Å²) < 4.78 is 5.42. The molecule has 0 fully saturated rings. The molecule has 14 heavy (non-hydrogen) atoms. The van der Waals surface area contributed by atoms with Gasteiger partial charge in [0.15, 0.2) is 5.75 Å². The fraction of sp³-hybridized carbons (Fsp3) is 0.500. The summed E-state index contributed by atoms with van der Waals surface area (Å²) in [7, 11) is 0. The van der Waals surface area contributed by atoms with Crippen molar-refractivity contribution in [2.24, 2.45) is 0 Å². The zero-order chi connectivity index (χ0) is 10.2. The van der Waals surface area contributed by atoms with Crippen LogP contribution < -0.4 is 4.74 Å². The highest BCUT2D eigenvalue weighted by atomic mass is 32.2. The van der Waals surface area contributed by atoms with E-state index < -0.39 is 0 Å². The van der Waals surface area contributed by atoms with Crippen LogP contribution in [0, 0.1) is 0 Å². The Balaban J connectivity index is 2.55. The number of aliphatic hydroxyl groups is 1. The zero-order valence-electron chi connectivity index (χ0n) is 8.27. The van der Waals surface area contributed by atoms with Crippen LogP contribution in [0.2, 0.25) is 0 Å². The Morgan fingerprint density at radius 3 is 3.14 bits per heavy atom. The van der Waals surface area contributed by atoms with Gasteiger partial charge in [-0.1, -0.05) is 0 Å². The van der Waals surface area contributed by atoms with Gasteiger partial charge in [0.2, 0.25) is 0 Å². The molecular weight excluding hydrogens is 198 g/mol. The number of hydrogen-bond acceptors (Lipinski definition) is 4. The molecule has 0 aliphatic heterocycles. The molecule has 0 aliphatic carbocycles. The smallest absolute Gasteiger partial charge is 0.151 e. The molecule has 1 N–H and O–H groups in total. The lowest BCUT2D eigenvalue weighted by Crippen LogP contribution is -1.95. The lowest BCUT2D eigenvalue weighted by Gasteiger charge is -2.07. The third-order valence-corrected chi connectivity index (χ3v) is 2.65. The molecule has 0 atom stereocenters. The van der Waals surface area contributed by atoms with Gasteiger partial charge in [0, 0.05) is 18.6 Å². The first kappa shape index (κ1) is 11.3. The quantitative estimate of drug-likeness (QED) is 0.579. The van der Waals surface area contributed by atoms with Gasteiger partial charge in [0.05, 0.1) is 6.61 Å². The standard InChI is InChI=1S/C10H15NO2S/c1-2-13-9-5-3-6-11-10(9)14-8-4-7-12/h3,5-6,12H,2,4,7-8H2,1H3. The van der Waals surface area contributed by atoms with Gasteiger partial charge in [0.1, 0.15) is 5.03 Å². The Hall–Kier alpha value is -0.740. The summed E-state index contributed by atoms with van der Waals surface area (Å²) >= 11 is 1.62. The molecule has 1 rings (SSSR count). The van der Waals surface area contributed by atoms with Crippen LogP contribution in [0.5, 0.6) is 5.75 Å². The van der Waals surface area contributed by atoms with Crippen molar-refractivity contribution in [2.75, 3.05) is 19.0 Å². The van der Waals surface area contributed by atoms with E-state index >= 15 is 0 Å². The summed E-state index contributed by atoms with van der Waals surface area (Å²) in [5.74, 6) is 1.70. The molecule has 0 aromatic carbocycles. The van der Waals surface area contributed by atoms with Gasteiger partial charge < -0.3 is 9.84 Å². The van der Waals surface area contributed by atoms with Crippen LogP contribution in [0.4, 0.5) is 0 Å². The van der Waals surface area contributed by atoms with Gasteiger partial charge in [-0.3, -0.25) is 0 Å². The predicted molar refractivity (Wildman–Crippen MR) is 57.8 cm³/mol. The molecular formula is C10H15NO2S. The maximum absolute atomic E-state index is 8.65. The molecule has 1 heterocycles. The minimum atomic E-state index is 0.226. The normalized spacial score (nSPS) is 10.1. The predicted octanol–water partition coefficient (Wildman–Crippen LogP) is 1.95. The van der Waals surface area contributed by atoms with Crippen molar-refractivity contribution in [3.8, 4) is 5.75 Å². The first-order valence-corrected chi connectivity index (χ1v) is 5.68. The van der Waals surface area contributed by atoms with Crippen molar-refractivity contribution < 1.29 is 9.84 Å². The molecule has 0 saturated heterocycles. The zero-order valence-corrected chi connectivity index (χ0v) is 9.09. The third-order valence-electron chi connectivity index (χ3n) is 1.58. The molecule has 1 aromatic rings. The SMILES string of the molecule is CCOc1cccnc1SCCCO. The molecule has 4 heteroatoms. The molecule has 78 valence electrons. The van der Waals surface area contributed by atoms with E-state index in [-0.39, 0.29) is 6.61 Å². The molecule has 0 bridgehead atoms. The van der Waals surface area contributed by atoms with Crippen molar-refractivity contribution in [1.82, 2.24) is 4.98 Å². The van der Waals surface area contributed by atoms with Crippen molar-refractivity contribution in [2.45, 2.75) is 18.4 Å². The molecule has 0 spiro atoms. The van der Waals surface area contributed by atoms with Gasteiger partial charge in [-0.05, 0) is 25.5 Å². The van der Waals surface area contributed by atoms with Gasteiger partial charge >= 0.3 is 0 Å². The van der Waals surface area contributed by atoms with E-state index in [9.17, 15) is 0 Å². The molecule has 0 radical (unpaired) electrons. The summed E-state index contributed by atoms with van der Waals surface area (Å²) in [6, 6.07) is 3.78. The van der Waals surface area contributed by atoms with Crippen molar-refractivity contribution in [1.29, 1.82) is 0 Å². The van der Waals surface area contributed by atoms with E-state index in [4.69, 9.17) is 9.84 Å². The number of nitrogens with zero attached hydrogens (tertiary/aromatic N) is 1. The molecule has 0 aliphatic rings. The minimum absolute atomic E-state index is 0.226. The Morgan fingerprint density at radius 1 is 1.57 bits per heavy atom. The van der Waals surface area contributed by atoms with Crippen LogP contribution in [0.15, 0.2) is 23.4 Å². The number of hydrogen-bond donors (Lipinski definition) is 1. The van der Waals surface area contributed by atoms with E-state index in [0.29, 0.717) is 6.61 Å². The van der Waals surface area contributed by atoms with Crippen LogP contribution in [-0.2, 0) is 0 Å². The van der Waals surface area contributed by atoms with Gasteiger partial charge in [-0.15, -0.1) is 11.8 Å².